The third-order valence-electron chi connectivity index (χ3n) is 9.82. The molecular weight excluding hydrogens is 648 g/mol. The summed E-state index contributed by atoms with van der Waals surface area (Å²) in [6.45, 7) is 20.0. The maximum absolute atomic E-state index is 13.7. The second-order valence-corrected chi connectivity index (χ2v) is 15.1. The van der Waals surface area contributed by atoms with Crippen LogP contribution in [0.5, 0.6) is 0 Å². The van der Waals surface area contributed by atoms with Gasteiger partial charge in [0.25, 0.3) is 0 Å². The van der Waals surface area contributed by atoms with Crippen molar-refractivity contribution < 1.29 is 38.0 Å². The lowest BCUT2D eigenvalue weighted by Crippen LogP contribution is -2.48. The third kappa shape index (κ3) is 11.1. The van der Waals surface area contributed by atoms with Crippen molar-refractivity contribution in [3.63, 3.8) is 0 Å². The molecule has 1 spiro atoms. The molecule has 1 saturated carbocycles. The van der Waals surface area contributed by atoms with Crippen molar-refractivity contribution in [3.05, 3.63) is 76.0 Å². The van der Waals surface area contributed by atoms with Gasteiger partial charge in [0.2, 0.25) is 0 Å². The zero-order valence-electron chi connectivity index (χ0n) is 31.6. The molecule has 2 aromatic carbocycles. The molecule has 2 aromatic rings. The van der Waals surface area contributed by atoms with E-state index >= 15 is 0 Å². The van der Waals surface area contributed by atoms with E-state index in [1.165, 1.54) is 5.56 Å². The smallest absolute Gasteiger partial charge is 0.343 e. The Kier molecular flexibility index (Phi) is 13.7. The van der Waals surface area contributed by atoms with Crippen molar-refractivity contribution >= 4 is 17.5 Å². The highest BCUT2D eigenvalue weighted by molar-refractivity contribution is 6.20. The number of carbonyl (C=O) groups excluding carboxylic acids is 2. The average Bonchev–Trinajstić information content (AvgIpc) is 3.33. The fourth-order valence-electron chi connectivity index (χ4n) is 7.40. The van der Waals surface area contributed by atoms with E-state index in [0.717, 1.165) is 74.4 Å². The maximum Gasteiger partial charge on any atom is 0.343 e. The van der Waals surface area contributed by atoms with Crippen molar-refractivity contribution in [2.45, 2.75) is 91.1 Å². The molecule has 10 heteroatoms. The number of rotatable bonds is 16. The van der Waals surface area contributed by atoms with Crippen molar-refractivity contribution in [1.82, 2.24) is 9.80 Å². The summed E-state index contributed by atoms with van der Waals surface area (Å²) in [4.78, 5) is 30.2. The summed E-state index contributed by atoms with van der Waals surface area (Å²) >= 11 is 0. The summed E-state index contributed by atoms with van der Waals surface area (Å²) in [6.07, 6.45) is 3.10. The highest BCUT2D eigenvalue weighted by atomic mass is 16.6. The molecule has 1 aliphatic carbocycles. The fourth-order valence-corrected chi connectivity index (χ4v) is 7.40. The van der Waals surface area contributed by atoms with Gasteiger partial charge in [0.05, 0.1) is 32.5 Å². The first kappa shape index (κ1) is 38.9. The minimum Gasteiger partial charge on any atom is -0.488 e. The number of carbonyl (C=O) groups is 2. The highest BCUT2D eigenvalue weighted by Gasteiger charge is 2.52. The first-order valence-corrected chi connectivity index (χ1v) is 18.6. The van der Waals surface area contributed by atoms with Crippen LogP contribution in [-0.4, -0.2) is 111 Å². The first-order valence-electron chi connectivity index (χ1n) is 18.6. The van der Waals surface area contributed by atoms with Gasteiger partial charge >= 0.3 is 11.9 Å². The quantitative estimate of drug-likeness (QED) is 0.158. The van der Waals surface area contributed by atoms with Crippen LogP contribution in [0.1, 0.15) is 74.3 Å². The molecule has 0 N–H and O–H groups in total. The Morgan fingerprint density at radius 1 is 0.863 bits per heavy atom. The molecule has 51 heavy (non-hydrogen) atoms. The molecule has 0 amide bonds. The van der Waals surface area contributed by atoms with Crippen LogP contribution >= 0.6 is 0 Å². The Morgan fingerprint density at radius 3 is 2.10 bits per heavy atom. The van der Waals surface area contributed by atoms with Crippen LogP contribution in [0.3, 0.4) is 0 Å². The van der Waals surface area contributed by atoms with Gasteiger partial charge in [-0.1, -0.05) is 48.0 Å². The number of hydrogen-bond acceptors (Lipinski definition) is 10. The zero-order valence-corrected chi connectivity index (χ0v) is 31.6. The molecule has 0 bridgehead atoms. The Labute approximate surface area is 304 Å². The molecule has 3 aliphatic rings. The Hall–Kier alpha value is -3.28. The Morgan fingerprint density at radius 2 is 1.47 bits per heavy atom. The molecule has 2 heterocycles. The summed E-state index contributed by atoms with van der Waals surface area (Å²) in [6, 6.07) is 14.3. The monoisotopic (exact) mass is 706 g/mol. The summed E-state index contributed by atoms with van der Waals surface area (Å²) in [7, 11) is 0. The molecule has 0 atom stereocenters. The van der Waals surface area contributed by atoms with Crippen molar-refractivity contribution in [1.29, 1.82) is 0 Å². The third-order valence-corrected chi connectivity index (χ3v) is 9.82. The van der Waals surface area contributed by atoms with E-state index < -0.39 is 11.2 Å². The molecule has 0 radical (unpaired) electrons. The SMILES string of the molecule is Cc1cc(C)c(C2=C(OCc3ccccc3)C3(CCC(OCCN4CCN(CCOCCOCC(=O)OC(C)(C)C)CC4)CC3)OC2=O)c(C)c1. The van der Waals surface area contributed by atoms with Gasteiger partial charge in [-0.05, 0) is 89.5 Å². The number of benzene rings is 2. The second-order valence-electron chi connectivity index (χ2n) is 15.1. The zero-order chi connectivity index (χ0) is 36.4. The van der Waals surface area contributed by atoms with Crippen LogP contribution < -0.4 is 0 Å². The van der Waals surface area contributed by atoms with E-state index in [2.05, 4.69) is 42.7 Å². The van der Waals surface area contributed by atoms with E-state index in [0.29, 0.717) is 57.2 Å². The van der Waals surface area contributed by atoms with E-state index in [-0.39, 0.29) is 24.6 Å². The fraction of sp³-hybridized carbons (Fsp3) is 0.610. The first-order chi connectivity index (χ1) is 24.4. The van der Waals surface area contributed by atoms with Crippen LogP contribution in [0.25, 0.3) is 5.57 Å². The summed E-state index contributed by atoms with van der Waals surface area (Å²) < 4.78 is 35.6. The lowest BCUT2D eigenvalue weighted by atomic mass is 9.80. The van der Waals surface area contributed by atoms with E-state index in [1.54, 1.807) is 0 Å². The normalized spacial score (nSPS) is 21.7. The van der Waals surface area contributed by atoms with Gasteiger partial charge in [-0.2, -0.15) is 0 Å². The number of nitrogens with zero attached hydrogens (tertiary/aromatic N) is 2. The predicted molar refractivity (Wildman–Crippen MR) is 196 cm³/mol. The molecule has 10 nitrogen and oxygen atoms in total. The molecule has 1 saturated heterocycles. The minimum atomic E-state index is -0.766. The maximum atomic E-state index is 13.7. The topological polar surface area (TPSA) is 96.0 Å². The van der Waals surface area contributed by atoms with Crippen molar-refractivity contribution in [3.8, 4) is 0 Å². The second kappa shape index (κ2) is 18.0. The summed E-state index contributed by atoms with van der Waals surface area (Å²) in [5.74, 6) is 0.0329. The molecular formula is C41H58N2O8. The van der Waals surface area contributed by atoms with Gasteiger partial charge in [0.1, 0.15) is 24.4 Å². The molecule has 0 unspecified atom stereocenters. The number of piperazine rings is 1. The van der Waals surface area contributed by atoms with Crippen molar-refractivity contribution in [2.75, 3.05) is 72.3 Å². The largest absolute Gasteiger partial charge is 0.488 e. The Balaban J connectivity index is 1.04. The van der Waals surface area contributed by atoms with Crippen LogP contribution in [0, 0.1) is 20.8 Å². The van der Waals surface area contributed by atoms with Gasteiger partial charge in [-0.15, -0.1) is 0 Å². The van der Waals surface area contributed by atoms with Gasteiger partial charge in [0, 0.05) is 39.3 Å². The molecule has 5 rings (SSSR count). The van der Waals surface area contributed by atoms with E-state index in [4.69, 9.17) is 28.4 Å². The van der Waals surface area contributed by atoms with Gasteiger partial charge in [-0.3, -0.25) is 9.80 Å². The number of ether oxygens (including phenoxy) is 6. The standard InChI is InChI=1S/C41H58N2O8/c1-30-26-31(2)36(32(3)27-30)37-38(49-28-33-10-8-7-9-11-33)41(51-39(37)45)14-12-34(13-15-41)48-23-21-43-18-16-42(17-19-43)20-22-46-24-25-47-29-35(44)50-40(4,5)6/h7-11,26-27,34H,12-25,28-29H2,1-6H3. The van der Waals surface area contributed by atoms with Crippen LogP contribution in [0.15, 0.2) is 48.2 Å². The number of aryl methyl sites for hydroxylation is 3. The molecule has 280 valence electrons. The minimum absolute atomic E-state index is 0.0550. The predicted octanol–water partition coefficient (Wildman–Crippen LogP) is 5.79. The van der Waals surface area contributed by atoms with E-state index in [1.807, 2.05) is 51.1 Å². The number of hydrogen-bond donors (Lipinski definition) is 0. The Bertz CT molecular complexity index is 1460. The van der Waals surface area contributed by atoms with Gasteiger partial charge in [-0.25, -0.2) is 9.59 Å². The van der Waals surface area contributed by atoms with Gasteiger partial charge in [0.15, 0.2) is 11.4 Å². The molecule has 2 fully saturated rings. The lowest BCUT2D eigenvalue weighted by molar-refractivity contribution is -0.160. The van der Waals surface area contributed by atoms with Crippen LogP contribution in [-0.2, 0) is 44.6 Å². The average molecular weight is 707 g/mol. The summed E-state index contributed by atoms with van der Waals surface area (Å²) in [5, 5.41) is 0. The molecule has 2 aliphatic heterocycles. The van der Waals surface area contributed by atoms with Crippen molar-refractivity contribution in [2.24, 2.45) is 0 Å². The van der Waals surface area contributed by atoms with Crippen LogP contribution in [0.2, 0.25) is 0 Å². The van der Waals surface area contributed by atoms with E-state index in [9.17, 15) is 9.59 Å². The lowest BCUT2D eigenvalue weighted by Gasteiger charge is -2.38. The van der Waals surface area contributed by atoms with Gasteiger partial charge < -0.3 is 28.4 Å². The molecule has 0 aromatic heterocycles. The highest BCUT2D eigenvalue weighted by Crippen LogP contribution is 2.48. The van der Waals surface area contributed by atoms with Crippen LogP contribution in [0.4, 0.5) is 0 Å². The number of esters is 2. The summed E-state index contributed by atoms with van der Waals surface area (Å²) in [5.41, 5.74) is 4.58.